The number of nitrogens with two attached hydrogens (primary N) is 1. The number of carboxylic acid groups (broad SMARTS) is 1. The minimum atomic E-state index is -1.39. The van der Waals surface area contributed by atoms with Gasteiger partial charge in [-0.25, -0.2) is 0 Å². The molecule has 0 aromatic heterocycles. The summed E-state index contributed by atoms with van der Waals surface area (Å²) in [7, 11) is -1.39. The summed E-state index contributed by atoms with van der Waals surface area (Å²) in [6.45, 7) is 2.55. The lowest BCUT2D eigenvalue weighted by Gasteiger charge is -2.34. The van der Waals surface area contributed by atoms with Crippen LogP contribution in [0.25, 0.3) is 0 Å². The summed E-state index contributed by atoms with van der Waals surface area (Å²) in [5.74, 6) is -1.09. The number of likely N-dealkylation sites (tertiary alicyclic amines) is 1. The summed E-state index contributed by atoms with van der Waals surface area (Å²) in [4.78, 5) is 25.5. The molecule has 124 valence electrons. The minimum Gasteiger partial charge on any atom is -0.480 e. The number of carbonyl (C=O) groups is 2. The van der Waals surface area contributed by atoms with Crippen molar-refractivity contribution < 1.29 is 24.7 Å². The maximum Gasteiger partial charge on any atom is 0.451 e. The topological polar surface area (TPSA) is 136 Å². The molecule has 4 atom stereocenters. The van der Waals surface area contributed by atoms with Gasteiger partial charge in [0.15, 0.2) is 0 Å². The number of rotatable bonds is 6. The minimum absolute atomic E-state index is 0.165. The van der Waals surface area contributed by atoms with Gasteiger partial charge in [0.25, 0.3) is 0 Å². The third-order valence-electron chi connectivity index (χ3n) is 4.97. The number of nitrogens with one attached hydrogen (secondary N) is 1. The molecule has 2 rings (SSSR count). The fourth-order valence-electron chi connectivity index (χ4n) is 3.95. The highest BCUT2D eigenvalue weighted by Crippen LogP contribution is 2.47. The molecule has 0 spiro atoms. The van der Waals surface area contributed by atoms with Crippen LogP contribution in [0.5, 0.6) is 0 Å². The zero-order chi connectivity index (χ0) is 16.5. The van der Waals surface area contributed by atoms with Gasteiger partial charge in [-0.2, -0.15) is 0 Å². The van der Waals surface area contributed by atoms with E-state index in [2.05, 4.69) is 5.32 Å². The van der Waals surface area contributed by atoms with Crippen molar-refractivity contribution in [2.45, 2.75) is 50.6 Å². The number of aliphatic carboxylic acids is 1. The lowest BCUT2D eigenvalue weighted by atomic mass is 9.70. The first-order valence-corrected chi connectivity index (χ1v) is 7.68. The Kier molecular flexibility index (Phi) is 5.11. The Morgan fingerprint density at radius 2 is 2.18 bits per heavy atom. The van der Waals surface area contributed by atoms with Crippen molar-refractivity contribution >= 4 is 19.0 Å². The highest BCUT2D eigenvalue weighted by Gasteiger charge is 2.59. The van der Waals surface area contributed by atoms with Crippen LogP contribution < -0.4 is 11.1 Å². The predicted molar refractivity (Wildman–Crippen MR) is 79.9 cm³/mol. The van der Waals surface area contributed by atoms with Crippen LogP contribution in [0.15, 0.2) is 0 Å². The Bertz CT molecular complexity index is 447. The lowest BCUT2D eigenvalue weighted by Crippen LogP contribution is -2.49. The van der Waals surface area contributed by atoms with Crippen LogP contribution in [0.3, 0.4) is 0 Å². The van der Waals surface area contributed by atoms with E-state index in [9.17, 15) is 14.7 Å². The van der Waals surface area contributed by atoms with E-state index in [-0.39, 0.29) is 18.3 Å². The normalized spacial score (nSPS) is 31.9. The van der Waals surface area contributed by atoms with Crippen LogP contribution in [-0.4, -0.2) is 70.3 Å². The maximum absolute atomic E-state index is 12.2. The molecule has 9 heteroatoms. The lowest BCUT2D eigenvalue weighted by molar-refractivity contribution is -0.143. The Morgan fingerprint density at radius 1 is 1.50 bits per heavy atom. The van der Waals surface area contributed by atoms with Gasteiger partial charge in [-0.05, 0) is 26.1 Å². The van der Waals surface area contributed by atoms with Crippen molar-refractivity contribution in [3.63, 3.8) is 0 Å². The number of carbonyl (C=O) groups excluding carboxylic acids is 1. The molecule has 8 nitrogen and oxygen atoms in total. The Hall–Kier alpha value is -1.16. The fraction of sp³-hybridized carbons (Fsp3) is 0.846. The van der Waals surface area contributed by atoms with Gasteiger partial charge >= 0.3 is 13.1 Å². The molecule has 0 bridgehead atoms. The molecule has 2 heterocycles. The monoisotopic (exact) mass is 313 g/mol. The second-order valence-corrected chi connectivity index (χ2v) is 6.37. The third-order valence-corrected chi connectivity index (χ3v) is 4.97. The zero-order valence-corrected chi connectivity index (χ0v) is 12.7. The second kappa shape index (κ2) is 6.53. The molecule has 2 saturated heterocycles. The van der Waals surface area contributed by atoms with E-state index in [0.717, 1.165) is 0 Å². The molecule has 1 amide bonds. The Morgan fingerprint density at radius 3 is 2.73 bits per heavy atom. The molecule has 0 saturated carbocycles. The Labute approximate surface area is 129 Å². The molecule has 0 aliphatic carbocycles. The molecule has 22 heavy (non-hydrogen) atoms. The summed E-state index contributed by atoms with van der Waals surface area (Å²) in [6.07, 6.45) is 1.81. The maximum atomic E-state index is 12.2. The molecule has 0 aromatic rings. The second-order valence-electron chi connectivity index (χ2n) is 6.37. The van der Waals surface area contributed by atoms with E-state index in [0.29, 0.717) is 32.4 Å². The van der Waals surface area contributed by atoms with Crippen molar-refractivity contribution in [1.29, 1.82) is 0 Å². The number of fused-ring (bicyclic) bond motifs is 1. The van der Waals surface area contributed by atoms with E-state index in [1.807, 2.05) is 0 Å². The molecule has 4 unspecified atom stereocenters. The number of carboxylic acids is 1. The van der Waals surface area contributed by atoms with E-state index >= 15 is 0 Å². The summed E-state index contributed by atoms with van der Waals surface area (Å²) < 4.78 is 0. The van der Waals surface area contributed by atoms with E-state index in [4.69, 9.17) is 15.8 Å². The third kappa shape index (κ3) is 2.98. The molecule has 2 aliphatic heterocycles. The first kappa shape index (κ1) is 17.2. The molecule has 2 fully saturated rings. The van der Waals surface area contributed by atoms with Crippen molar-refractivity contribution in [3.05, 3.63) is 0 Å². The average Bonchev–Trinajstić information content (AvgIpc) is 2.93. The number of hydrogen-bond donors (Lipinski definition) is 5. The van der Waals surface area contributed by atoms with Crippen molar-refractivity contribution in [2.75, 3.05) is 13.1 Å². The van der Waals surface area contributed by atoms with Gasteiger partial charge in [0.1, 0.15) is 6.04 Å². The quantitative estimate of drug-likeness (QED) is 0.366. The standard InChI is InChI=1S/C13H24BN3O5/c1-8(15)11(18)17-6-4-13(3-2-5-14(21)22)9(17)7-16-10(13)12(19)20/h8-10,16,21-22H,2-7,15H2,1H3,(H,19,20). The first-order chi connectivity index (χ1) is 10.3. The number of amides is 1. The number of hydrogen-bond acceptors (Lipinski definition) is 6. The van der Waals surface area contributed by atoms with Gasteiger partial charge in [-0.3, -0.25) is 9.59 Å². The largest absolute Gasteiger partial charge is 0.480 e. The first-order valence-electron chi connectivity index (χ1n) is 7.68. The van der Waals surface area contributed by atoms with Crippen molar-refractivity contribution in [1.82, 2.24) is 10.2 Å². The summed E-state index contributed by atoms with van der Waals surface area (Å²) >= 11 is 0. The van der Waals surface area contributed by atoms with Gasteiger partial charge in [-0.15, -0.1) is 0 Å². The van der Waals surface area contributed by atoms with E-state index < -0.39 is 30.6 Å². The zero-order valence-electron chi connectivity index (χ0n) is 12.7. The van der Waals surface area contributed by atoms with E-state index in [1.165, 1.54) is 0 Å². The van der Waals surface area contributed by atoms with Gasteiger partial charge in [0.2, 0.25) is 5.91 Å². The van der Waals surface area contributed by atoms with Crippen LogP contribution in [0, 0.1) is 5.41 Å². The summed E-state index contributed by atoms with van der Waals surface area (Å²) in [5, 5.41) is 30.5. The molecular weight excluding hydrogens is 289 g/mol. The molecule has 0 aromatic carbocycles. The number of nitrogens with zero attached hydrogens (tertiary/aromatic N) is 1. The van der Waals surface area contributed by atoms with Crippen molar-refractivity contribution in [3.8, 4) is 0 Å². The summed E-state index contributed by atoms with van der Waals surface area (Å²) in [6, 6.07) is -1.54. The average molecular weight is 313 g/mol. The van der Waals surface area contributed by atoms with Gasteiger partial charge in [0.05, 0.1) is 12.1 Å². The van der Waals surface area contributed by atoms with E-state index in [1.54, 1.807) is 11.8 Å². The van der Waals surface area contributed by atoms with Gasteiger partial charge in [0, 0.05) is 18.5 Å². The van der Waals surface area contributed by atoms with Crippen LogP contribution >= 0.6 is 0 Å². The predicted octanol–water partition coefficient (Wildman–Crippen LogP) is -1.77. The highest BCUT2D eigenvalue weighted by molar-refractivity contribution is 6.40. The summed E-state index contributed by atoms with van der Waals surface area (Å²) in [5.41, 5.74) is 5.12. The highest BCUT2D eigenvalue weighted by atomic mass is 16.4. The van der Waals surface area contributed by atoms with Crippen LogP contribution in [0.1, 0.15) is 26.2 Å². The van der Waals surface area contributed by atoms with Crippen LogP contribution in [0.2, 0.25) is 6.32 Å². The molecular formula is C13H24BN3O5. The Balaban J connectivity index is 2.19. The van der Waals surface area contributed by atoms with Gasteiger partial charge in [-0.1, -0.05) is 6.42 Å². The molecule has 6 N–H and O–H groups in total. The SMILES string of the molecule is CC(N)C(=O)N1CCC2(CCCB(O)O)C(C(=O)O)NCC12. The molecule has 0 radical (unpaired) electrons. The van der Waals surface area contributed by atoms with Crippen LogP contribution in [-0.2, 0) is 9.59 Å². The van der Waals surface area contributed by atoms with Crippen LogP contribution in [0.4, 0.5) is 0 Å². The van der Waals surface area contributed by atoms with Crippen molar-refractivity contribution in [2.24, 2.45) is 11.1 Å². The molecule has 2 aliphatic rings. The van der Waals surface area contributed by atoms with Gasteiger partial charge < -0.3 is 31.1 Å². The smallest absolute Gasteiger partial charge is 0.451 e. The fourth-order valence-corrected chi connectivity index (χ4v) is 3.95.